The first-order chi connectivity index (χ1) is 16.2. The molecule has 34 heavy (non-hydrogen) atoms. The van der Waals surface area contributed by atoms with Crippen molar-refractivity contribution < 1.29 is 36.9 Å². The van der Waals surface area contributed by atoms with Crippen LogP contribution in [-0.2, 0) is 19.6 Å². The molecular weight excluding hydrogens is 464 g/mol. The molecule has 0 unspecified atom stereocenters. The van der Waals surface area contributed by atoms with Crippen molar-refractivity contribution in [3.05, 3.63) is 41.5 Å². The quantitative estimate of drug-likeness (QED) is 0.271. The third-order valence-corrected chi connectivity index (χ3v) is 6.18. The molecule has 0 aromatic heterocycles. The molecule has 0 bridgehead atoms. The lowest BCUT2D eigenvalue weighted by atomic mass is 10.0. The standard InChI is InChI=1S/C23H30N2O8S/c1-15-10-12-16(13-11-15)34(27,28)25-24-17(8-7-9-20(26)31-4)21-18(29-2)14-19(30-3)22(32-5)23(21)33-6/h10-14,25H,7-9H2,1-6H3/b24-17-. The molecule has 186 valence electrons. The van der Waals surface area contributed by atoms with E-state index < -0.39 is 16.0 Å². The largest absolute Gasteiger partial charge is 0.496 e. The predicted molar refractivity (Wildman–Crippen MR) is 127 cm³/mol. The SMILES string of the molecule is COC(=O)CCC/C(=N/NS(=O)(=O)c1ccc(C)cc1)c1c(OC)cc(OC)c(OC)c1OC. The van der Waals surface area contributed by atoms with Crippen molar-refractivity contribution in [3.8, 4) is 23.0 Å². The van der Waals surface area contributed by atoms with Crippen LogP contribution in [0.25, 0.3) is 0 Å². The normalized spacial score (nSPS) is 11.5. The summed E-state index contributed by atoms with van der Waals surface area (Å²) in [4.78, 5) is 14.0. The number of hydrogen-bond acceptors (Lipinski definition) is 9. The van der Waals surface area contributed by atoms with Crippen LogP contribution in [0.15, 0.2) is 40.3 Å². The fourth-order valence-corrected chi connectivity index (χ4v) is 4.02. The zero-order chi connectivity index (χ0) is 25.3. The average Bonchev–Trinajstić information content (AvgIpc) is 2.84. The molecule has 0 spiro atoms. The molecule has 1 N–H and O–H groups in total. The first kappa shape index (κ1) is 26.8. The first-order valence-corrected chi connectivity index (χ1v) is 11.8. The number of hydrogen-bond donors (Lipinski definition) is 1. The second-order valence-electron chi connectivity index (χ2n) is 7.12. The van der Waals surface area contributed by atoms with E-state index in [9.17, 15) is 13.2 Å². The highest BCUT2D eigenvalue weighted by atomic mass is 32.2. The molecule has 0 aliphatic heterocycles. The highest BCUT2D eigenvalue weighted by Gasteiger charge is 2.26. The summed E-state index contributed by atoms with van der Waals surface area (Å²) >= 11 is 0. The van der Waals surface area contributed by atoms with Crippen LogP contribution in [0.3, 0.4) is 0 Å². The lowest BCUT2D eigenvalue weighted by Crippen LogP contribution is -2.21. The van der Waals surface area contributed by atoms with Crippen LogP contribution in [0.2, 0.25) is 0 Å². The molecule has 10 nitrogen and oxygen atoms in total. The molecule has 0 fully saturated rings. The van der Waals surface area contributed by atoms with Crippen LogP contribution < -0.4 is 23.8 Å². The fraction of sp³-hybridized carbons (Fsp3) is 0.391. The number of nitrogens with one attached hydrogen (secondary N) is 1. The lowest BCUT2D eigenvalue weighted by Gasteiger charge is -2.20. The summed E-state index contributed by atoms with van der Waals surface area (Å²) in [5.74, 6) is 0.800. The van der Waals surface area contributed by atoms with Gasteiger partial charge in [0.2, 0.25) is 5.75 Å². The molecule has 0 radical (unpaired) electrons. The van der Waals surface area contributed by atoms with Gasteiger partial charge in [-0.05, 0) is 31.9 Å². The Hall–Kier alpha value is -3.47. The minimum atomic E-state index is -3.96. The van der Waals surface area contributed by atoms with Gasteiger partial charge in [-0.15, -0.1) is 0 Å². The summed E-state index contributed by atoms with van der Waals surface area (Å²) in [6.45, 7) is 1.86. The monoisotopic (exact) mass is 494 g/mol. The molecule has 0 aliphatic carbocycles. The second kappa shape index (κ2) is 12.1. The third-order valence-electron chi connectivity index (χ3n) is 4.96. The summed E-state index contributed by atoms with van der Waals surface area (Å²) in [6, 6.07) is 7.94. The number of methoxy groups -OCH3 is 5. The number of ether oxygens (including phenoxy) is 5. The smallest absolute Gasteiger partial charge is 0.305 e. The third kappa shape index (κ3) is 6.31. The number of esters is 1. The Morgan fingerprint density at radius 2 is 1.50 bits per heavy atom. The highest BCUT2D eigenvalue weighted by Crippen LogP contribution is 2.45. The van der Waals surface area contributed by atoms with E-state index in [-0.39, 0.29) is 34.9 Å². The summed E-state index contributed by atoms with van der Waals surface area (Å²) in [5.41, 5.74) is 1.55. The Morgan fingerprint density at radius 1 is 0.882 bits per heavy atom. The minimum Gasteiger partial charge on any atom is -0.496 e. The predicted octanol–water partition coefficient (Wildman–Crippen LogP) is 3.06. The Bertz CT molecular complexity index is 1130. The number of nitrogens with zero attached hydrogens (tertiary/aromatic N) is 1. The van der Waals surface area contributed by atoms with Crippen LogP contribution >= 0.6 is 0 Å². The van der Waals surface area contributed by atoms with E-state index in [1.165, 1.54) is 47.7 Å². The van der Waals surface area contributed by atoms with E-state index >= 15 is 0 Å². The van der Waals surface area contributed by atoms with Gasteiger partial charge in [0, 0.05) is 12.5 Å². The van der Waals surface area contributed by atoms with Crippen molar-refractivity contribution in [2.45, 2.75) is 31.1 Å². The van der Waals surface area contributed by atoms with E-state index in [1.807, 2.05) is 6.92 Å². The van der Waals surface area contributed by atoms with Gasteiger partial charge in [0.25, 0.3) is 10.0 Å². The lowest BCUT2D eigenvalue weighted by molar-refractivity contribution is -0.140. The number of carbonyl (C=O) groups is 1. The topological polar surface area (TPSA) is 122 Å². The van der Waals surface area contributed by atoms with Gasteiger partial charge in [0.15, 0.2) is 11.5 Å². The molecule has 0 heterocycles. The maximum Gasteiger partial charge on any atom is 0.305 e. The molecular formula is C23H30N2O8S. The fourth-order valence-electron chi connectivity index (χ4n) is 3.19. The second-order valence-corrected chi connectivity index (χ2v) is 8.78. The van der Waals surface area contributed by atoms with Crippen molar-refractivity contribution in [2.75, 3.05) is 35.5 Å². The van der Waals surface area contributed by atoms with Crippen molar-refractivity contribution in [1.29, 1.82) is 0 Å². The number of carbonyl (C=O) groups excluding carboxylic acids is 1. The van der Waals surface area contributed by atoms with E-state index in [4.69, 9.17) is 23.7 Å². The van der Waals surface area contributed by atoms with Gasteiger partial charge >= 0.3 is 5.97 Å². The van der Waals surface area contributed by atoms with Gasteiger partial charge in [-0.3, -0.25) is 4.79 Å². The van der Waals surface area contributed by atoms with Crippen molar-refractivity contribution in [1.82, 2.24) is 4.83 Å². The summed E-state index contributed by atoms with van der Waals surface area (Å²) < 4.78 is 52.3. The summed E-state index contributed by atoms with van der Waals surface area (Å²) in [7, 11) is 3.14. The zero-order valence-electron chi connectivity index (χ0n) is 20.1. The van der Waals surface area contributed by atoms with Gasteiger partial charge in [-0.1, -0.05) is 17.7 Å². The maximum absolute atomic E-state index is 12.8. The molecule has 2 aromatic rings. The Kier molecular flexibility index (Phi) is 9.55. The van der Waals surface area contributed by atoms with Gasteiger partial charge in [0.05, 0.1) is 51.7 Å². The van der Waals surface area contributed by atoms with Crippen LogP contribution in [0.5, 0.6) is 23.0 Å². The van der Waals surface area contributed by atoms with Crippen molar-refractivity contribution >= 4 is 21.7 Å². The minimum absolute atomic E-state index is 0.0574. The first-order valence-electron chi connectivity index (χ1n) is 10.3. The Morgan fingerprint density at radius 3 is 2.03 bits per heavy atom. The maximum atomic E-state index is 12.8. The van der Waals surface area contributed by atoms with Gasteiger partial charge in [-0.2, -0.15) is 18.4 Å². The molecule has 2 rings (SSSR count). The molecule has 0 amide bonds. The van der Waals surface area contributed by atoms with Crippen LogP contribution in [0.4, 0.5) is 0 Å². The van der Waals surface area contributed by atoms with Crippen LogP contribution in [-0.4, -0.2) is 55.6 Å². The van der Waals surface area contributed by atoms with Gasteiger partial charge in [0.1, 0.15) is 5.75 Å². The zero-order valence-corrected chi connectivity index (χ0v) is 20.9. The highest BCUT2D eigenvalue weighted by molar-refractivity contribution is 7.89. The number of hydrazone groups is 1. The number of aryl methyl sites for hydroxylation is 1. The molecule has 0 atom stereocenters. The van der Waals surface area contributed by atoms with E-state index in [1.54, 1.807) is 18.2 Å². The summed E-state index contributed by atoms with van der Waals surface area (Å²) in [6.07, 6.45) is 0.643. The summed E-state index contributed by atoms with van der Waals surface area (Å²) in [5, 5.41) is 4.21. The molecule has 2 aromatic carbocycles. The van der Waals surface area contributed by atoms with Gasteiger partial charge < -0.3 is 23.7 Å². The Labute approximate surface area is 199 Å². The van der Waals surface area contributed by atoms with E-state index in [0.29, 0.717) is 23.5 Å². The molecule has 0 saturated heterocycles. The number of rotatable bonds is 12. The average molecular weight is 495 g/mol. The van der Waals surface area contributed by atoms with Gasteiger partial charge in [-0.25, -0.2) is 0 Å². The number of sulfonamides is 1. The molecule has 11 heteroatoms. The molecule has 0 saturated carbocycles. The Balaban J connectivity index is 2.60. The van der Waals surface area contributed by atoms with Crippen LogP contribution in [0.1, 0.15) is 30.4 Å². The number of benzene rings is 2. The molecule has 0 aliphatic rings. The van der Waals surface area contributed by atoms with Crippen LogP contribution in [0, 0.1) is 6.92 Å². The van der Waals surface area contributed by atoms with E-state index in [0.717, 1.165) is 5.56 Å². The van der Waals surface area contributed by atoms with Crippen molar-refractivity contribution in [2.24, 2.45) is 5.10 Å². The van der Waals surface area contributed by atoms with E-state index in [2.05, 4.69) is 9.93 Å². The van der Waals surface area contributed by atoms with Crippen molar-refractivity contribution in [3.63, 3.8) is 0 Å².